The fraction of sp³-hybridized carbons (Fsp3) is 0.560. The summed E-state index contributed by atoms with van der Waals surface area (Å²) in [6.45, 7) is 7.62. The number of morpholine rings is 1. The lowest BCUT2D eigenvalue weighted by Crippen LogP contribution is -2.38. The fourth-order valence-electron chi connectivity index (χ4n) is 4.24. The standard InChI is InChI=1S/C25H31Cl2FN2O7/c1-15(5-7-19(31)36-13-10-30-8-11-35-12-9-30)4-6-17-21(29-24(33)25(26,27)28)20-18(14-37-23(20)32)16(2)22(17)34-3/h4H,5-14H2,1-3H3,(H,29,33). The zero-order valence-electron chi connectivity index (χ0n) is 21.1. The molecule has 9 nitrogen and oxygen atoms in total. The number of amides is 1. The molecule has 0 atom stereocenters. The van der Waals surface area contributed by atoms with Gasteiger partial charge in [-0.25, -0.2) is 4.79 Å². The maximum Gasteiger partial charge on any atom is 0.341 e. The fourth-order valence-corrected chi connectivity index (χ4v) is 4.33. The summed E-state index contributed by atoms with van der Waals surface area (Å²) in [5.41, 5.74) is 2.62. The van der Waals surface area contributed by atoms with Crippen LogP contribution < -0.4 is 10.1 Å². The summed E-state index contributed by atoms with van der Waals surface area (Å²) in [5, 5.41) is 2.33. The van der Waals surface area contributed by atoms with E-state index in [0.29, 0.717) is 55.2 Å². The van der Waals surface area contributed by atoms with E-state index >= 15 is 0 Å². The number of halogens is 3. The Morgan fingerprint density at radius 2 is 1.95 bits per heavy atom. The van der Waals surface area contributed by atoms with Crippen molar-refractivity contribution < 1.29 is 37.7 Å². The van der Waals surface area contributed by atoms with Crippen molar-refractivity contribution in [2.45, 2.75) is 44.3 Å². The van der Waals surface area contributed by atoms with Gasteiger partial charge in [-0.15, -0.1) is 0 Å². The monoisotopic (exact) mass is 560 g/mol. The minimum atomic E-state index is -3.21. The van der Waals surface area contributed by atoms with Crippen molar-refractivity contribution in [3.63, 3.8) is 0 Å². The molecule has 37 heavy (non-hydrogen) atoms. The van der Waals surface area contributed by atoms with Crippen molar-refractivity contribution in [3.8, 4) is 5.75 Å². The predicted molar refractivity (Wildman–Crippen MR) is 136 cm³/mol. The molecule has 1 aromatic carbocycles. The average Bonchev–Trinajstić information content (AvgIpc) is 3.25. The molecule has 1 saturated heterocycles. The van der Waals surface area contributed by atoms with Gasteiger partial charge in [-0.3, -0.25) is 14.5 Å². The van der Waals surface area contributed by atoms with E-state index in [0.717, 1.165) is 18.7 Å². The number of alkyl halides is 3. The zero-order chi connectivity index (χ0) is 27.2. The lowest BCUT2D eigenvalue weighted by molar-refractivity contribution is -0.144. The van der Waals surface area contributed by atoms with Gasteiger partial charge in [-0.1, -0.05) is 34.9 Å². The first-order chi connectivity index (χ1) is 17.5. The van der Waals surface area contributed by atoms with Gasteiger partial charge in [-0.05, 0) is 32.3 Å². The van der Waals surface area contributed by atoms with Gasteiger partial charge in [0.2, 0.25) is 0 Å². The highest BCUT2D eigenvalue weighted by molar-refractivity contribution is 6.57. The van der Waals surface area contributed by atoms with Gasteiger partial charge < -0.3 is 24.3 Å². The molecule has 2 aliphatic rings. The summed E-state index contributed by atoms with van der Waals surface area (Å²) in [7, 11) is 1.45. The van der Waals surface area contributed by atoms with E-state index in [1.54, 1.807) is 6.92 Å². The van der Waals surface area contributed by atoms with Crippen LogP contribution in [0.3, 0.4) is 0 Å². The summed E-state index contributed by atoms with van der Waals surface area (Å²) < 4.78 is 32.1. The summed E-state index contributed by atoms with van der Waals surface area (Å²) in [6, 6.07) is 0. The van der Waals surface area contributed by atoms with Crippen LogP contribution in [0.1, 0.15) is 46.8 Å². The van der Waals surface area contributed by atoms with Crippen LogP contribution in [0, 0.1) is 6.92 Å². The molecule has 12 heteroatoms. The first-order valence-corrected chi connectivity index (χ1v) is 12.7. The SMILES string of the molecule is COc1c(C)c2c(c(NC(=O)C(F)(Cl)Cl)c1CC=C(C)CCC(=O)OCCN1CCOCC1)C(=O)OC2. The number of nitrogens with zero attached hydrogens (tertiary/aromatic N) is 1. The molecule has 0 aromatic heterocycles. The number of allylic oxidation sites excluding steroid dienone is 2. The zero-order valence-corrected chi connectivity index (χ0v) is 22.6. The van der Waals surface area contributed by atoms with E-state index in [2.05, 4.69) is 10.2 Å². The molecule has 1 amide bonds. The van der Waals surface area contributed by atoms with Gasteiger partial charge in [-0.2, -0.15) is 4.39 Å². The van der Waals surface area contributed by atoms with Gasteiger partial charge in [0.15, 0.2) is 0 Å². The number of nitrogens with one attached hydrogen (secondary N) is 1. The summed E-state index contributed by atoms with van der Waals surface area (Å²) in [4.78, 5) is 39.1. The second-order valence-corrected chi connectivity index (χ2v) is 10.1. The van der Waals surface area contributed by atoms with Crippen LogP contribution in [0.25, 0.3) is 0 Å². The Hall–Kier alpha value is -2.40. The van der Waals surface area contributed by atoms with E-state index in [4.69, 9.17) is 42.1 Å². The number of benzene rings is 1. The average molecular weight is 561 g/mol. The molecule has 0 radical (unpaired) electrons. The number of hydrogen-bond acceptors (Lipinski definition) is 8. The molecule has 204 valence electrons. The second kappa shape index (κ2) is 12.9. The Balaban J connectivity index is 1.71. The third-order valence-electron chi connectivity index (χ3n) is 6.33. The molecule has 3 rings (SSSR count). The van der Waals surface area contributed by atoms with Crippen molar-refractivity contribution in [1.29, 1.82) is 0 Å². The van der Waals surface area contributed by atoms with Crippen LogP contribution in [0.4, 0.5) is 10.1 Å². The highest BCUT2D eigenvalue weighted by atomic mass is 35.5. The molecule has 1 aromatic rings. The highest BCUT2D eigenvalue weighted by Crippen LogP contribution is 2.42. The number of methoxy groups -OCH3 is 1. The molecule has 2 aliphatic heterocycles. The lowest BCUT2D eigenvalue weighted by Gasteiger charge is -2.26. The van der Waals surface area contributed by atoms with Gasteiger partial charge in [0.05, 0.1) is 31.6 Å². The van der Waals surface area contributed by atoms with Crippen molar-refractivity contribution in [2.75, 3.05) is 51.9 Å². The van der Waals surface area contributed by atoms with Crippen LogP contribution in [0.2, 0.25) is 0 Å². The van der Waals surface area contributed by atoms with Crippen LogP contribution >= 0.6 is 23.2 Å². The molecule has 0 bridgehead atoms. The van der Waals surface area contributed by atoms with Gasteiger partial charge in [0, 0.05) is 37.2 Å². The number of esters is 2. The largest absolute Gasteiger partial charge is 0.496 e. The number of hydrogen-bond donors (Lipinski definition) is 1. The summed E-state index contributed by atoms with van der Waals surface area (Å²) >= 11 is 10.7. The van der Waals surface area contributed by atoms with Gasteiger partial charge >= 0.3 is 16.5 Å². The van der Waals surface area contributed by atoms with Crippen molar-refractivity contribution in [1.82, 2.24) is 4.90 Å². The van der Waals surface area contributed by atoms with Crippen molar-refractivity contribution in [2.24, 2.45) is 0 Å². The number of cyclic esters (lactones) is 1. The molecule has 0 saturated carbocycles. The van der Waals surface area contributed by atoms with Crippen molar-refractivity contribution >= 4 is 46.7 Å². The van der Waals surface area contributed by atoms with Gasteiger partial charge in [0.1, 0.15) is 19.0 Å². The molecule has 1 N–H and O–H groups in total. The molecule has 1 fully saturated rings. The molecular weight excluding hydrogens is 530 g/mol. The quantitative estimate of drug-likeness (QED) is 0.247. The Kier molecular flexibility index (Phi) is 10.2. The van der Waals surface area contributed by atoms with E-state index in [9.17, 15) is 18.8 Å². The number of carbonyl (C=O) groups excluding carboxylic acids is 3. The van der Waals surface area contributed by atoms with E-state index in [1.165, 1.54) is 7.11 Å². The first-order valence-electron chi connectivity index (χ1n) is 11.9. The predicted octanol–water partition coefficient (Wildman–Crippen LogP) is 3.86. The van der Waals surface area contributed by atoms with Crippen LogP contribution in [0.5, 0.6) is 5.75 Å². The Morgan fingerprint density at radius 3 is 2.59 bits per heavy atom. The second-order valence-electron chi connectivity index (χ2n) is 8.82. The highest BCUT2D eigenvalue weighted by Gasteiger charge is 2.38. The summed E-state index contributed by atoms with van der Waals surface area (Å²) in [5.74, 6) is -1.89. The minimum absolute atomic E-state index is 0.00938. The molecule has 0 spiro atoms. The van der Waals surface area contributed by atoms with E-state index in [1.807, 2.05) is 13.0 Å². The van der Waals surface area contributed by atoms with Gasteiger partial charge in [0.25, 0.3) is 5.91 Å². The number of ether oxygens (including phenoxy) is 4. The van der Waals surface area contributed by atoms with Crippen LogP contribution in [-0.4, -0.2) is 73.9 Å². The maximum absolute atomic E-state index is 13.9. The Morgan fingerprint density at radius 1 is 1.24 bits per heavy atom. The van der Waals surface area contributed by atoms with Crippen LogP contribution in [0.15, 0.2) is 11.6 Å². The molecule has 0 unspecified atom stereocenters. The van der Waals surface area contributed by atoms with E-state index < -0.39 is 16.5 Å². The van der Waals surface area contributed by atoms with Crippen LogP contribution in [-0.2, 0) is 36.8 Å². The number of rotatable bonds is 11. The molecule has 0 aliphatic carbocycles. The normalized spacial score (nSPS) is 16.3. The topological polar surface area (TPSA) is 103 Å². The third-order valence-corrected chi connectivity index (χ3v) is 6.67. The summed E-state index contributed by atoms with van der Waals surface area (Å²) in [6.07, 6.45) is 2.70. The Bertz CT molecular complexity index is 1070. The number of fused-ring (bicyclic) bond motifs is 1. The first kappa shape index (κ1) is 29.2. The third kappa shape index (κ3) is 7.56. The van der Waals surface area contributed by atoms with E-state index in [-0.39, 0.29) is 36.7 Å². The maximum atomic E-state index is 13.9. The smallest absolute Gasteiger partial charge is 0.341 e. The molecular formula is C25H31Cl2FN2O7. The lowest BCUT2D eigenvalue weighted by atomic mass is 9.93. The molecule has 2 heterocycles. The number of anilines is 1. The Labute approximate surface area is 225 Å². The minimum Gasteiger partial charge on any atom is -0.496 e. The van der Waals surface area contributed by atoms with Crippen molar-refractivity contribution in [3.05, 3.63) is 33.9 Å². The number of carbonyl (C=O) groups is 3.